The van der Waals surface area contributed by atoms with E-state index in [1.807, 2.05) is 37.3 Å². The van der Waals surface area contributed by atoms with Crippen LogP contribution in [0.4, 0.5) is 0 Å². The zero-order valence-electron chi connectivity index (χ0n) is 12.1. The molecule has 0 aromatic heterocycles. The van der Waals surface area contributed by atoms with E-state index in [0.717, 1.165) is 5.56 Å². The lowest BCUT2D eigenvalue weighted by Gasteiger charge is -2.09. The highest BCUT2D eigenvalue weighted by molar-refractivity contribution is 6.08. The van der Waals surface area contributed by atoms with Crippen molar-refractivity contribution in [2.45, 2.75) is 25.8 Å². The lowest BCUT2D eigenvalue weighted by atomic mass is 9.98. The third-order valence-corrected chi connectivity index (χ3v) is 3.47. The number of carbonyl (C=O) groups excluding carboxylic acids is 2. The maximum atomic E-state index is 12.3. The summed E-state index contributed by atoms with van der Waals surface area (Å²) in [6, 6.07) is 16.0. The molecule has 0 aliphatic carbocycles. The second kappa shape index (κ2) is 6.95. The van der Waals surface area contributed by atoms with E-state index < -0.39 is 6.04 Å². The first kappa shape index (κ1) is 15.1. The van der Waals surface area contributed by atoms with E-state index in [-0.39, 0.29) is 11.6 Å². The van der Waals surface area contributed by atoms with Crippen LogP contribution in [0.15, 0.2) is 54.6 Å². The summed E-state index contributed by atoms with van der Waals surface area (Å²) in [5.41, 5.74) is 8.11. The Bertz CT molecular complexity index is 617. The van der Waals surface area contributed by atoms with Gasteiger partial charge in [-0.25, -0.2) is 0 Å². The van der Waals surface area contributed by atoms with Gasteiger partial charge in [-0.3, -0.25) is 9.59 Å². The van der Waals surface area contributed by atoms with Crippen LogP contribution in [0, 0.1) is 0 Å². The van der Waals surface area contributed by atoms with Crippen LogP contribution in [0.3, 0.4) is 0 Å². The van der Waals surface area contributed by atoms with Crippen molar-refractivity contribution < 1.29 is 9.59 Å². The molecule has 0 radical (unpaired) electrons. The van der Waals surface area contributed by atoms with E-state index >= 15 is 0 Å². The molecule has 0 amide bonds. The second-order valence-corrected chi connectivity index (χ2v) is 5.02. The molecule has 3 nitrogen and oxygen atoms in total. The standard InChI is InChI=1S/C18H19NO2/c1-2-17(20)16(19)12-13-8-10-15(11-9-13)18(21)14-6-4-3-5-7-14/h3-11,16H,2,12,19H2,1H3. The van der Waals surface area contributed by atoms with Crippen molar-refractivity contribution in [3.63, 3.8) is 0 Å². The number of Topliss-reactive ketones (excluding diaryl/α,β-unsaturated/α-hetero) is 1. The normalized spacial score (nSPS) is 11.9. The van der Waals surface area contributed by atoms with E-state index in [1.165, 1.54) is 0 Å². The minimum absolute atomic E-state index is 0.00363. The Morgan fingerprint density at radius 2 is 1.52 bits per heavy atom. The summed E-state index contributed by atoms with van der Waals surface area (Å²) in [6.45, 7) is 1.81. The predicted molar refractivity (Wildman–Crippen MR) is 83.3 cm³/mol. The smallest absolute Gasteiger partial charge is 0.193 e. The van der Waals surface area contributed by atoms with Gasteiger partial charge in [0.1, 0.15) is 5.78 Å². The van der Waals surface area contributed by atoms with Crippen molar-refractivity contribution in [2.75, 3.05) is 0 Å². The molecule has 0 bridgehead atoms. The van der Waals surface area contributed by atoms with E-state index in [2.05, 4.69) is 0 Å². The topological polar surface area (TPSA) is 60.2 Å². The average molecular weight is 281 g/mol. The summed E-state index contributed by atoms with van der Waals surface area (Å²) >= 11 is 0. The van der Waals surface area contributed by atoms with Gasteiger partial charge in [-0.2, -0.15) is 0 Å². The molecule has 1 atom stereocenters. The second-order valence-electron chi connectivity index (χ2n) is 5.02. The number of ketones is 2. The minimum Gasteiger partial charge on any atom is -0.321 e. The molecule has 2 N–H and O–H groups in total. The van der Waals surface area contributed by atoms with Crippen molar-refractivity contribution in [2.24, 2.45) is 5.73 Å². The minimum atomic E-state index is -0.467. The molecule has 0 saturated heterocycles. The van der Waals surface area contributed by atoms with Gasteiger partial charge in [-0.1, -0.05) is 61.5 Å². The largest absolute Gasteiger partial charge is 0.321 e. The third-order valence-electron chi connectivity index (χ3n) is 3.47. The molecule has 0 aliphatic heterocycles. The number of hydrogen-bond donors (Lipinski definition) is 1. The van der Waals surface area contributed by atoms with Crippen molar-refractivity contribution in [1.82, 2.24) is 0 Å². The lowest BCUT2D eigenvalue weighted by molar-refractivity contribution is -0.119. The molecule has 0 spiro atoms. The van der Waals surface area contributed by atoms with Crippen LogP contribution in [0.1, 0.15) is 34.8 Å². The molecule has 108 valence electrons. The first-order valence-corrected chi connectivity index (χ1v) is 7.08. The van der Waals surface area contributed by atoms with E-state index in [0.29, 0.717) is 24.0 Å². The number of carbonyl (C=O) groups is 2. The Hall–Kier alpha value is -2.26. The van der Waals surface area contributed by atoms with Gasteiger partial charge >= 0.3 is 0 Å². The van der Waals surface area contributed by atoms with Crippen molar-refractivity contribution in [1.29, 1.82) is 0 Å². The van der Waals surface area contributed by atoms with E-state index in [4.69, 9.17) is 5.73 Å². The molecule has 3 heteroatoms. The molecule has 0 heterocycles. The maximum absolute atomic E-state index is 12.3. The van der Waals surface area contributed by atoms with Gasteiger partial charge < -0.3 is 5.73 Å². The number of hydrogen-bond acceptors (Lipinski definition) is 3. The Kier molecular flexibility index (Phi) is 5.01. The summed E-state index contributed by atoms with van der Waals surface area (Å²) in [7, 11) is 0. The Morgan fingerprint density at radius 1 is 0.952 bits per heavy atom. The molecule has 0 saturated carbocycles. The third kappa shape index (κ3) is 3.86. The SMILES string of the molecule is CCC(=O)C(N)Cc1ccc(C(=O)c2ccccc2)cc1. The van der Waals surface area contributed by atoms with Crippen LogP contribution in [0.2, 0.25) is 0 Å². The fourth-order valence-corrected chi connectivity index (χ4v) is 2.18. The van der Waals surface area contributed by atoms with Gasteiger partial charge in [0.2, 0.25) is 0 Å². The van der Waals surface area contributed by atoms with Crippen LogP contribution < -0.4 is 5.73 Å². The Balaban J connectivity index is 2.09. The fraction of sp³-hybridized carbons (Fsp3) is 0.222. The van der Waals surface area contributed by atoms with Crippen LogP contribution in [0.25, 0.3) is 0 Å². The number of rotatable bonds is 6. The molecule has 2 aromatic carbocycles. The van der Waals surface area contributed by atoms with Gasteiger partial charge in [0, 0.05) is 17.5 Å². The number of nitrogens with two attached hydrogens (primary N) is 1. The average Bonchev–Trinajstić information content (AvgIpc) is 2.55. The molecule has 2 rings (SSSR count). The van der Waals surface area contributed by atoms with Gasteiger partial charge in [0.05, 0.1) is 6.04 Å². The zero-order chi connectivity index (χ0) is 15.2. The van der Waals surface area contributed by atoms with Gasteiger partial charge in [-0.15, -0.1) is 0 Å². The van der Waals surface area contributed by atoms with Gasteiger partial charge in [0.25, 0.3) is 0 Å². The predicted octanol–water partition coefficient (Wildman–Crippen LogP) is 2.77. The molecule has 0 aliphatic rings. The molecule has 21 heavy (non-hydrogen) atoms. The van der Waals surface area contributed by atoms with E-state index in [1.54, 1.807) is 24.3 Å². The van der Waals surface area contributed by atoms with Crippen molar-refractivity contribution in [3.05, 3.63) is 71.3 Å². The first-order chi connectivity index (χ1) is 10.1. The lowest BCUT2D eigenvalue weighted by Crippen LogP contribution is -2.32. The molecule has 1 unspecified atom stereocenters. The molecular formula is C18H19NO2. The van der Waals surface area contributed by atoms with Crippen LogP contribution in [0.5, 0.6) is 0 Å². The first-order valence-electron chi connectivity index (χ1n) is 7.08. The highest BCUT2D eigenvalue weighted by Gasteiger charge is 2.13. The Morgan fingerprint density at radius 3 is 2.10 bits per heavy atom. The quantitative estimate of drug-likeness (QED) is 0.828. The highest BCUT2D eigenvalue weighted by atomic mass is 16.1. The van der Waals surface area contributed by atoms with Crippen LogP contribution >= 0.6 is 0 Å². The highest BCUT2D eigenvalue weighted by Crippen LogP contribution is 2.12. The fourth-order valence-electron chi connectivity index (χ4n) is 2.18. The Labute approximate surface area is 124 Å². The summed E-state index contributed by atoms with van der Waals surface area (Å²) in [5.74, 6) is 0.0514. The monoisotopic (exact) mass is 281 g/mol. The zero-order valence-corrected chi connectivity index (χ0v) is 12.1. The summed E-state index contributed by atoms with van der Waals surface area (Å²) in [5, 5.41) is 0. The molecular weight excluding hydrogens is 262 g/mol. The van der Waals surface area contributed by atoms with Crippen LogP contribution in [-0.4, -0.2) is 17.6 Å². The summed E-state index contributed by atoms with van der Waals surface area (Å²) < 4.78 is 0. The van der Waals surface area contributed by atoms with Crippen molar-refractivity contribution >= 4 is 11.6 Å². The summed E-state index contributed by atoms with van der Waals surface area (Å²) in [6.07, 6.45) is 0.957. The van der Waals surface area contributed by atoms with Gasteiger partial charge in [0.15, 0.2) is 5.78 Å². The number of benzene rings is 2. The maximum Gasteiger partial charge on any atom is 0.193 e. The molecule has 0 fully saturated rings. The van der Waals surface area contributed by atoms with Crippen molar-refractivity contribution in [3.8, 4) is 0 Å². The van der Waals surface area contributed by atoms with Gasteiger partial charge in [-0.05, 0) is 12.0 Å². The summed E-state index contributed by atoms with van der Waals surface area (Å²) in [4.78, 5) is 23.8. The van der Waals surface area contributed by atoms with Crippen LogP contribution in [-0.2, 0) is 11.2 Å². The van der Waals surface area contributed by atoms with E-state index in [9.17, 15) is 9.59 Å². The molecule has 2 aromatic rings.